The Balaban J connectivity index is 2.49. The number of benzene rings is 1. The van der Waals surface area contributed by atoms with Crippen LogP contribution in [0.4, 0.5) is 4.39 Å². The molecule has 4 nitrogen and oxygen atoms in total. The molecule has 1 aromatic carbocycles. The summed E-state index contributed by atoms with van der Waals surface area (Å²) in [4.78, 5) is 0. The van der Waals surface area contributed by atoms with Crippen molar-refractivity contribution in [2.75, 3.05) is 14.2 Å². The van der Waals surface area contributed by atoms with E-state index in [9.17, 15) is 4.39 Å². The van der Waals surface area contributed by atoms with Gasteiger partial charge in [-0.1, -0.05) is 6.07 Å². The van der Waals surface area contributed by atoms with Crippen LogP contribution in [0.1, 0.15) is 24.2 Å². The molecular formula is C14H17BrFN3O. The summed E-state index contributed by atoms with van der Waals surface area (Å²) in [6.07, 6.45) is 1.73. The number of halogens is 2. The van der Waals surface area contributed by atoms with E-state index in [1.54, 1.807) is 25.4 Å². The molecule has 6 heteroatoms. The molecule has 20 heavy (non-hydrogen) atoms. The highest BCUT2D eigenvalue weighted by Gasteiger charge is 2.23. The maximum atomic E-state index is 14.3. The second-order valence-electron chi connectivity index (χ2n) is 4.30. The fourth-order valence-electron chi connectivity index (χ4n) is 2.22. The summed E-state index contributed by atoms with van der Waals surface area (Å²) in [6, 6.07) is 4.59. The van der Waals surface area contributed by atoms with E-state index in [1.807, 2.05) is 11.6 Å². The number of hydrogen-bond donors (Lipinski definition) is 1. The van der Waals surface area contributed by atoms with Gasteiger partial charge < -0.3 is 10.1 Å². The Morgan fingerprint density at radius 2 is 2.25 bits per heavy atom. The number of aryl methyl sites for hydroxylation is 1. The normalized spacial score (nSPS) is 12.4. The molecular weight excluding hydrogens is 325 g/mol. The molecule has 1 aromatic heterocycles. The molecule has 0 aliphatic rings. The van der Waals surface area contributed by atoms with E-state index < -0.39 is 0 Å². The Kier molecular flexibility index (Phi) is 4.77. The van der Waals surface area contributed by atoms with Gasteiger partial charge in [0.05, 0.1) is 29.5 Å². The van der Waals surface area contributed by atoms with Gasteiger partial charge in [0.15, 0.2) is 0 Å². The lowest BCUT2D eigenvalue weighted by atomic mass is 10.0. The van der Waals surface area contributed by atoms with Gasteiger partial charge in [-0.2, -0.15) is 5.10 Å². The van der Waals surface area contributed by atoms with Crippen LogP contribution in [0.5, 0.6) is 5.75 Å². The van der Waals surface area contributed by atoms with Crippen molar-refractivity contribution in [2.24, 2.45) is 0 Å². The third kappa shape index (κ3) is 2.71. The Hall–Kier alpha value is -1.40. The van der Waals surface area contributed by atoms with Crippen molar-refractivity contribution in [2.45, 2.75) is 19.5 Å². The lowest BCUT2D eigenvalue weighted by Crippen LogP contribution is -2.23. The summed E-state index contributed by atoms with van der Waals surface area (Å²) in [5.74, 6) is 0.198. The third-order valence-electron chi connectivity index (χ3n) is 3.21. The van der Waals surface area contributed by atoms with Gasteiger partial charge in [0.1, 0.15) is 11.6 Å². The SMILES string of the molecule is CCn1ncc(Br)c1C(NC)c1ccc(OC)cc1F. The Morgan fingerprint density at radius 3 is 2.80 bits per heavy atom. The third-order valence-corrected chi connectivity index (χ3v) is 3.82. The smallest absolute Gasteiger partial charge is 0.132 e. The summed E-state index contributed by atoms with van der Waals surface area (Å²) in [5.41, 5.74) is 1.46. The molecule has 0 radical (unpaired) electrons. The van der Waals surface area contributed by atoms with Crippen molar-refractivity contribution >= 4 is 15.9 Å². The highest BCUT2D eigenvalue weighted by molar-refractivity contribution is 9.10. The second-order valence-corrected chi connectivity index (χ2v) is 5.16. The minimum Gasteiger partial charge on any atom is -0.497 e. The number of nitrogens with zero attached hydrogens (tertiary/aromatic N) is 2. The summed E-state index contributed by atoms with van der Waals surface area (Å²) in [7, 11) is 3.32. The predicted octanol–water partition coefficient (Wildman–Crippen LogP) is 3.12. The summed E-state index contributed by atoms with van der Waals surface area (Å²) >= 11 is 3.48. The predicted molar refractivity (Wildman–Crippen MR) is 79.5 cm³/mol. The van der Waals surface area contributed by atoms with Crippen molar-refractivity contribution in [3.05, 3.63) is 45.9 Å². The molecule has 0 fully saturated rings. The molecule has 0 aliphatic carbocycles. The number of rotatable bonds is 5. The van der Waals surface area contributed by atoms with E-state index >= 15 is 0 Å². The van der Waals surface area contributed by atoms with Crippen molar-refractivity contribution < 1.29 is 9.13 Å². The van der Waals surface area contributed by atoms with Crippen LogP contribution in [-0.4, -0.2) is 23.9 Å². The maximum Gasteiger partial charge on any atom is 0.132 e. The number of ether oxygens (including phenoxy) is 1. The van der Waals surface area contributed by atoms with Crippen LogP contribution in [0.25, 0.3) is 0 Å². The van der Waals surface area contributed by atoms with Gasteiger partial charge in [0.2, 0.25) is 0 Å². The molecule has 108 valence electrons. The average molecular weight is 342 g/mol. The first-order chi connectivity index (χ1) is 9.62. The first kappa shape index (κ1) is 15.0. The number of hydrogen-bond acceptors (Lipinski definition) is 3. The van der Waals surface area contributed by atoms with Crippen LogP contribution in [0, 0.1) is 5.82 Å². The fraction of sp³-hybridized carbons (Fsp3) is 0.357. The minimum absolute atomic E-state index is 0.280. The maximum absolute atomic E-state index is 14.3. The standard InChI is InChI=1S/C14H17BrFN3O/c1-4-19-14(11(15)8-18-19)13(17-2)10-6-5-9(20-3)7-12(10)16/h5-8,13,17H,4H2,1-3H3. The molecule has 1 unspecified atom stereocenters. The first-order valence-electron chi connectivity index (χ1n) is 6.34. The molecule has 0 saturated carbocycles. The molecule has 2 rings (SSSR count). The van der Waals surface area contributed by atoms with Gasteiger partial charge >= 0.3 is 0 Å². The van der Waals surface area contributed by atoms with Crippen LogP contribution < -0.4 is 10.1 Å². The van der Waals surface area contributed by atoms with Gasteiger partial charge in [0, 0.05) is 18.2 Å². The fourth-order valence-corrected chi connectivity index (χ4v) is 2.74. The van der Waals surface area contributed by atoms with Gasteiger partial charge in [-0.05, 0) is 36.0 Å². The van der Waals surface area contributed by atoms with E-state index in [1.165, 1.54) is 13.2 Å². The molecule has 1 heterocycles. The topological polar surface area (TPSA) is 39.1 Å². The van der Waals surface area contributed by atoms with Crippen LogP contribution >= 0.6 is 15.9 Å². The zero-order valence-electron chi connectivity index (χ0n) is 11.7. The second kappa shape index (κ2) is 6.37. The van der Waals surface area contributed by atoms with Crippen molar-refractivity contribution in [1.29, 1.82) is 0 Å². The van der Waals surface area contributed by atoms with Gasteiger partial charge in [-0.3, -0.25) is 4.68 Å². The molecule has 0 aliphatic heterocycles. The highest BCUT2D eigenvalue weighted by Crippen LogP contribution is 2.31. The Bertz CT molecular complexity index is 600. The van der Waals surface area contributed by atoms with E-state index in [4.69, 9.17) is 4.74 Å². The van der Waals surface area contributed by atoms with Crippen LogP contribution in [-0.2, 0) is 6.54 Å². The molecule has 0 bridgehead atoms. The molecule has 0 saturated heterocycles. The Morgan fingerprint density at radius 1 is 1.50 bits per heavy atom. The molecule has 0 spiro atoms. The van der Waals surface area contributed by atoms with E-state index in [2.05, 4.69) is 26.3 Å². The zero-order valence-corrected chi connectivity index (χ0v) is 13.2. The van der Waals surface area contributed by atoms with Crippen LogP contribution in [0.15, 0.2) is 28.9 Å². The van der Waals surface area contributed by atoms with Crippen molar-refractivity contribution in [1.82, 2.24) is 15.1 Å². The monoisotopic (exact) mass is 341 g/mol. The lowest BCUT2D eigenvalue weighted by molar-refractivity contribution is 0.410. The summed E-state index contributed by atoms with van der Waals surface area (Å²) < 4.78 is 22.0. The molecule has 2 aromatic rings. The number of nitrogens with one attached hydrogen (secondary N) is 1. The average Bonchev–Trinajstić information content (AvgIpc) is 2.82. The van der Waals surface area contributed by atoms with Crippen molar-refractivity contribution in [3.8, 4) is 5.75 Å². The largest absolute Gasteiger partial charge is 0.497 e. The summed E-state index contributed by atoms with van der Waals surface area (Å²) in [5, 5.41) is 7.42. The van der Waals surface area contributed by atoms with Crippen LogP contribution in [0.2, 0.25) is 0 Å². The highest BCUT2D eigenvalue weighted by atomic mass is 79.9. The lowest BCUT2D eigenvalue weighted by Gasteiger charge is -2.19. The number of aromatic nitrogens is 2. The summed E-state index contributed by atoms with van der Waals surface area (Å²) in [6.45, 7) is 2.72. The minimum atomic E-state index is -0.306. The van der Waals surface area contributed by atoms with Crippen molar-refractivity contribution in [3.63, 3.8) is 0 Å². The Labute approximate surface area is 126 Å². The molecule has 1 N–H and O–H groups in total. The van der Waals surface area contributed by atoms with E-state index in [-0.39, 0.29) is 11.9 Å². The van der Waals surface area contributed by atoms with Crippen LogP contribution in [0.3, 0.4) is 0 Å². The van der Waals surface area contributed by atoms with E-state index in [0.29, 0.717) is 11.3 Å². The molecule has 1 atom stereocenters. The quantitative estimate of drug-likeness (QED) is 0.908. The first-order valence-corrected chi connectivity index (χ1v) is 7.13. The van der Waals surface area contributed by atoms with Gasteiger partial charge in [0.25, 0.3) is 0 Å². The zero-order chi connectivity index (χ0) is 14.7. The number of methoxy groups -OCH3 is 1. The van der Waals surface area contributed by atoms with E-state index in [0.717, 1.165) is 16.7 Å². The van der Waals surface area contributed by atoms with Gasteiger partial charge in [-0.15, -0.1) is 0 Å². The molecule has 0 amide bonds. The van der Waals surface area contributed by atoms with Gasteiger partial charge in [-0.25, -0.2) is 4.39 Å².